The van der Waals surface area contributed by atoms with Gasteiger partial charge in [-0.15, -0.1) is 0 Å². The van der Waals surface area contributed by atoms with E-state index in [1.165, 1.54) is 0 Å². The van der Waals surface area contributed by atoms with E-state index in [-0.39, 0.29) is 5.78 Å². The first-order valence-electron chi connectivity index (χ1n) is 11.2. The number of para-hydroxylation sites is 1. The number of ether oxygens (including phenoxy) is 1. The van der Waals surface area contributed by atoms with Gasteiger partial charge in [-0.1, -0.05) is 89.9 Å². The number of hydrogen-bond donors (Lipinski definition) is 0. The predicted octanol–water partition coefficient (Wildman–Crippen LogP) is 7.99. The Morgan fingerprint density at radius 2 is 1.42 bits per heavy atom. The van der Waals surface area contributed by atoms with E-state index < -0.39 is 12.1 Å². The second-order valence-electron chi connectivity index (χ2n) is 8.12. The van der Waals surface area contributed by atoms with Gasteiger partial charge >= 0.3 is 5.97 Å². The summed E-state index contributed by atoms with van der Waals surface area (Å²) in [4.78, 5) is 31.8. The third-order valence-corrected chi connectivity index (χ3v) is 6.36. The maximum Gasteiger partial charge on any atom is 0.339 e. The van der Waals surface area contributed by atoms with E-state index in [2.05, 4.69) is 0 Å². The number of halogens is 2. The summed E-state index contributed by atoms with van der Waals surface area (Å²) in [6.45, 7) is 0. The molecule has 4 nitrogen and oxygen atoms in total. The molecule has 1 aromatic heterocycles. The highest BCUT2D eigenvalue weighted by atomic mass is 35.5. The van der Waals surface area contributed by atoms with Crippen molar-refractivity contribution in [1.82, 2.24) is 4.98 Å². The standard InChI is InChI=1S/C30H19Cl2NO3/c31-21-16-14-19(15-17-21)28(34)29(20-8-2-1-3-9-20)36-30(35)24-18-27(23-11-4-6-12-25(23)32)33-26-13-7-5-10-22(24)26/h1-18,29H/t29-/m1/s1. The van der Waals surface area contributed by atoms with Crippen molar-refractivity contribution in [3.05, 3.63) is 136 Å². The fourth-order valence-electron chi connectivity index (χ4n) is 3.99. The highest BCUT2D eigenvalue weighted by Gasteiger charge is 2.28. The number of aromatic nitrogens is 1. The minimum atomic E-state index is -1.14. The third kappa shape index (κ3) is 4.87. The van der Waals surface area contributed by atoms with Crippen molar-refractivity contribution in [1.29, 1.82) is 0 Å². The minimum absolute atomic E-state index is 0.292. The molecule has 4 aromatic carbocycles. The van der Waals surface area contributed by atoms with E-state index in [0.29, 0.717) is 48.9 Å². The number of ketones is 1. The molecule has 0 unspecified atom stereocenters. The molecule has 0 bridgehead atoms. The van der Waals surface area contributed by atoms with E-state index in [0.717, 1.165) is 0 Å². The molecule has 0 saturated heterocycles. The van der Waals surface area contributed by atoms with Gasteiger partial charge in [0.05, 0.1) is 16.8 Å². The first kappa shape index (κ1) is 23.7. The van der Waals surface area contributed by atoms with Gasteiger partial charge in [-0.05, 0) is 42.5 Å². The summed E-state index contributed by atoms with van der Waals surface area (Å²) in [6, 6.07) is 31.7. The molecule has 0 aliphatic rings. The Morgan fingerprint density at radius 3 is 2.17 bits per heavy atom. The average Bonchev–Trinajstić information content (AvgIpc) is 2.92. The zero-order chi connectivity index (χ0) is 25.1. The normalized spacial score (nSPS) is 11.7. The molecule has 0 fully saturated rings. The molecule has 0 radical (unpaired) electrons. The zero-order valence-electron chi connectivity index (χ0n) is 18.9. The molecule has 5 rings (SSSR count). The third-order valence-electron chi connectivity index (χ3n) is 5.78. The molecule has 36 heavy (non-hydrogen) atoms. The molecule has 0 aliphatic heterocycles. The van der Waals surface area contributed by atoms with E-state index >= 15 is 0 Å². The van der Waals surface area contributed by atoms with Crippen LogP contribution in [0, 0.1) is 0 Å². The lowest BCUT2D eigenvalue weighted by molar-refractivity contribution is 0.0282. The SMILES string of the molecule is O=C(O[C@@H](C(=O)c1ccc(Cl)cc1)c1ccccc1)c1cc(-c2ccccc2Cl)nc2ccccc12. The van der Waals surface area contributed by atoms with Crippen LogP contribution in [0.5, 0.6) is 0 Å². The van der Waals surface area contributed by atoms with Crippen LogP contribution >= 0.6 is 23.2 Å². The first-order valence-corrected chi connectivity index (χ1v) is 12.0. The average molecular weight is 512 g/mol. The van der Waals surface area contributed by atoms with Crippen LogP contribution in [0.4, 0.5) is 0 Å². The van der Waals surface area contributed by atoms with Crippen molar-refractivity contribution in [3.8, 4) is 11.3 Å². The summed E-state index contributed by atoms with van der Waals surface area (Å²) in [7, 11) is 0. The minimum Gasteiger partial charge on any atom is -0.445 e. The van der Waals surface area contributed by atoms with Crippen LogP contribution in [0.15, 0.2) is 109 Å². The molecule has 0 aliphatic carbocycles. The van der Waals surface area contributed by atoms with Crippen molar-refractivity contribution in [3.63, 3.8) is 0 Å². The van der Waals surface area contributed by atoms with Gasteiger partial charge in [0.1, 0.15) is 0 Å². The van der Waals surface area contributed by atoms with E-state index in [1.807, 2.05) is 42.5 Å². The predicted molar refractivity (Wildman–Crippen MR) is 143 cm³/mol. The fraction of sp³-hybridized carbons (Fsp3) is 0.0333. The molecule has 6 heteroatoms. The molecule has 1 atom stereocenters. The summed E-state index contributed by atoms with van der Waals surface area (Å²) in [5.41, 5.74) is 3.08. The summed E-state index contributed by atoms with van der Waals surface area (Å²) >= 11 is 12.4. The number of benzene rings is 4. The Morgan fingerprint density at radius 1 is 0.750 bits per heavy atom. The number of carbonyl (C=O) groups excluding carboxylic acids is 2. The van der Waals surface area contributed by atoms with E-state index in [4.69, 9.17) is 32.9 Å². The Kier molecular flexibility index (Phi) is 6.81. The van der Waals surface area contributed by atoms with E-state index in [9.17, 15) is 9.59 Å². The Hall–Kier alpha value is -3.99. The molecular formula is C30H19Cl2NO3. The van der Waals surface area contributed by atoms with Crippen LogP contribution in [0.25, 0.3) is 22.2 Å². The molecular weight excluding hydrogens is 493 g/mol. The maximum atomic E-state index is 13.6. The van der Waals surface area contributed by atoms with Crippen LogP contribution in [0.3, 0.4) is 0 Å². The summed E-state index contributed by atoms with van der Waals surface area (Å²) in [5, 5.41) is 1.64. The number of Topliss-reactive ketones (excluding diaryl/α,β-unsaturated/α-hetero) is 1. The zero-order valence-corrected chi connectivity index (χ0v) is 20.4. The Balaban J connectivity index is 1.58. The van der Waals surface area contributed by atoms with Crippen LogP contribution in [-0.2, 0) is 4.74 Å². The molecule has 1 heterocycles. The molecule has 0 N–H and O–H groups in total. The lowest BCUT2D eigenvalue weighted by atomic mass is 9.99. The van der Waals surface area contributed by atoms with Crippen LogP contribution in [0.2, 0.25) is 10.0 Å². The number of pyridine rings is 1. The van der Waals surface area contributed by atoms with Crippen LogP contribution < -0.4 is 0 Å². The Labute approximate surface area is 218 Å². The topological polar surface area (TPSA) is 56.3 Å². The smallest absolute Gasteiger partial charge is 0.339 e. The quantitative estimate of drug-likeness (QED) is 0.171. The molecule has 0 spiro atoms. The van der Waals surface area contributed by atoms with Crippen molar-refractivity contribution in [2.24, 2.45) is 0 Å². The van der Waals surface area contributed by atoms with Crippen LogP contribution in [-0.4, -0.2) is 16.7 Å². The van der Waals surface area contributed by atoms with Crippen LogP contribution in [0.1, 0.15) is 32.4 Å². The lowest BCUT2D eigenvalue weighted by Crippen LogP contribution is -2.20. The van der Waals surface area contributed by atoms with Crippen molar-refractivity contribution in [2.45, 2.75) is 6.10 Å². The first-order chi connectivity index (χ1) is 17.5. The summed E-state index contributed by atoms with van der Waals surface area (Å²) < 4.78 is 5.92. The second kappa shape index (κ2) is 10.3. The summed E-state index contributed by atoms with van der Waals surface area (Å²) in [5.74, 6) is -0.992. The van der Waals surface area contributed by atoms with Gasteiger partial charge in [-0.3, -0.25) is 4.79 Å². The lowest BCUT2D eigenvalue weighted by Gasteiger charge is -2.18. The fourth-order valence-corrected chi connectivity index (χ4v) is 4.35. The van der Waals surface area contributed by atoms with Gasteiger partial charge < -0.3 is 4.74 Å². The second-order valence-corrected chi connectivity index (χ2v) is 8.96. The van der Waals surface area contributed by atoms with Gasteiger partial charge in [0.25, 0.3) is 0 Å². The van der Waals surface area contributed by atoms with Crippen molar-refractivity contribution < 1.29 is 14.3 Å². The maximum absolute atomic E-state index is 13.6. The largest absolute Gasteiger partial charge is 0.445 e. The summed E-state index contributed by atoms with van der Waals surface area (Å²) in [6.07, 6.45) is -1.14. The number of carbonyl (C=O) groups is 2. The molecule has 0 saturated carbocycles. The highest BCUT2D eigenvalue weighted by Crippen LogP contribution is 2.32. The van der Waals surface area contributed by atoms with Gasteiger partial charge in [-0.2, -0.15) is 0 Å². The van der Waals surface area contributed by atoms with Gasteiger partial charge in [0.15, 0.2) is 6.10 Å². The van der Waals surface area contributed by atoms with Gasteiger partial charge in [0, 0.05) is 32.1 Å². The number of hydrogen-bond acceptors (Lipinski definition) is 4. The number of nitrogens with zero attached hydrogens (tertiary/aromatic N) is 1. The number of fused-ring (bicyclic) bond motifs is 1. The molecule has 176 valence electrons. The number of rotatable bonds is 6. The number of esters is 1. The van der Waals surface area contributed by atoms with Crippen molar-refractivity contribution in [2.75, 3.05) is 0 Å². The van der Waals surface area contributed by atoms with E-state index in [1.54, 1.807) is 66.7 Å². The molecule has 5 aromatic rings. The van der Waals surface area contributed by atoms with Gasteiger partial charge in [0.2, 0.25) is 5.78 Å². The Bertz CT molecular complexity index is 1570. The van der Waals surface area contributed by atoms with Crippen molar-refractivity contribution >= 4 is 45.9 Å². The highest BCUT2D eigenvalue weighted by molar-refractivity contribution is 6.33. The van der Waals surface area contributed by atoms with Gasteiger partial charge in [-0.25, -0.2) is 9.78 Å². The monoisotopic (exact) mass is 511 g/mol. The molecule has 0 amide bonds.